The van der Waals surface area contributed by atoms with E-state index in [0.29, 0.717) is 11.8 Å². The van der Waals surface area contributed by atoms with Gasteiger partial charge >= 0.3 is 0 Å². The van der Waals surface area contributed by atoms with Crippen molar-refractivity contribution in [2.24, 2.45) is 17.8 Å². The molecule has 3 unspecified atom stereocenters. The molecule has 0 N–H and O–H groups in total. The molecule has 1 heteroatoms. The van der Waals surface area contributed by atoms with Gasteiger partial charge in [0.05, 0.1) is 0 Å². The molecule has 4 aliphatic carbocycles. The molecule has 1 saturated carbocycles. The Morgan fingerprint density at radius 2 is 1.42 bits per heavy atom. The fraction of sp³-hybridized carbons (Fsp3) is 0.234. The minimum absolute atomic E-state index is 0.0394. The van der Waals surface area contributed by atoms with Gasteiger partial charge in [-0.3, -0.25) is 0 Å². The lowest BCUT2D eigenvalue weighted by molar-refractivity contribution is 0.300. The number of allylic oxidation sites excluding steroid dienone is 5. The maximum atomic E-state index is 2.54. The van der Waals surface area contributed by atoms with Crippen molar-refractivity contribution in [3.05, 3.63) is 149 Å². The standard InChI is InChI=1S/C47H40S/c1-47(2)42-18-6-5-13-37(42)39-26-25-35(38-16-9-19-43(47)45(38)39)30-20-22-31(23-21-30)36-15-8-17-40-41-28-32(24-27-44(41)48-46(36)40)34-14-7-11-29-10-3-4-12-33(29)34/h5-9,11,13-27,32-34H,3-4,10,12,28H2,1-2H3. The molecule has 234 valence electrons. The lowest BCUT2D eigenvalue weighted by Crippen LogP contribution is -2.28. The average Bonchev–Trinajstić information content (AvgIpc) is 3.52. The zero-order valence-electron chi connectivity index (χ0n) is 27.8. The van der Waals surface area contributed by atoms with Crippen LogP contribution in [0.15, 0.2) is 127 Å². The summed E-state index contributed by atoms with van der Waals surface area (Å²) in [7, 11) is 0. The van der Waals surface area contributed by atoms with E-state index in [9.17, 15) is 0 Å². The van der Waals surface area contributed by atoms with Gasteiger partial charge < -0.3 is 0 Å². The largest absolute Gasteiger partial charge is 0.135 e. The molecule has 1 fully saturated rings. The van der Waals surface area contributed by atoms with E-state index in [1.807, 2.05) is 11.3 Å². The van der Waals surface area contributed by atoms with Gasteiger partial charge in [0.25, 0.3) is 0 Å². The van der Waals surface area contributed by atoms with Crippen LogP contribution in [-0.4, -0.2) is 0 Å². The summed E-state index contributed by atoms with van der Waals surface area (Å²) < 4.78 is 1.43. The van der Waals surface area contributed by atoms with Gasteiger partial charge in [0, 0.05) is 15.0 Å². The van der Waals surface area contributed by atoms with Crippen LogP contribution in [0.5, 0.6) is 0 Å². The van der Waals surface area contributed by atoms with Gasteiger partial charge in [-0.15, -0.1) is 11.3 Å². The predicted octanol–water partition coefficient (Wildman–Crippen LogP) is 13.2. The molecule has 4 aliphatic rings. The van der Waals surface area contributed by atoms with E-state index in [0.717, 1.165) is 12.3 Å². The van der Waals surface area contributed by atoms with Gasteiger partial charge in [-0.25, -0.2) is 0 Å². The molecule has 0 radical (unpaired) electrons. The van der Waals surface area contributed by atoms with Crippen molar-refractivity contribution in [3.8, 4) is 33.4 Å². The molecular weight excluding hydrogens is 597 g/mol. The molecule has 0 amide bonds. The molecule has 1 aromatic heterocycles. The lowest BCUT2D eigenvalue weighted by atomic mass is 9.67. The third kappa shape index (κ3) is 4.20. The van der Waals surface area contributed by atoms with Gasteiger partial charge in [-0.1, -0.05) is 147 Å². The van der Waals surface area contributed by atoms with Crippen molar-refractivity contribution >= 4 is 38.3 Å². The fourth-order valence-electron chi connectivity index (χ4n) is 9.78. The number of rotatable bonds is 3. The fourth-order valence-corrected chi connectivity index (χ4v) is 11.1. The zero-order valence-corrected chi connectivity index (χ0v) is 28.6. The van der Waals surface area contributed by atoms with Gasteiger partial charge in [-0.2, -0.15) is 0 Å². The molecule has 0 saturated heterocycles. The third-order valence-electron chi connectivity index (χ3n) is 12.2. The van der Waals surface area contributed by atoms with Gasteiger partial charge in [0.1, 0.15) is 0 Å². The third-order valence-corrected chi connectivity index (χ3v) is 13.5. The van der Waals surface area contributed by atoms with Crippen LogP contribution in [0.25, 0.3) is 60.3 Å². The Kier molecular flexibility index (Phi) is 6.41. The normalized spacial score (nSPS) is 21.9. The summed E-state index contributed by atoms with van der Waals surface area (Å²) >= 11 is 1.99. The Balaban J connectivity index is 1.00. The molecule has 48 heavy (non-hydrogen) atoms. The Hall–Kier alpha value is -4.46. The average molecular weight is 637 g/mol. The van der Waals surface area contributed by atoms with Crippen molar-refractivity contribution in [2.75, 3.05) is 0 Å². The first-order valence-electron chi connectivity index (χ1n) is 17.9. The van der Waals surface area contributed by atoms with Crippen molar-refractivity contribution < 1.29 is 0 Å². The summed E-state index contributed by atoms with van der Waals surface area (Å²) in [6.07, 6.45) is 18.8. The molecular formula is C47H40S. The second kappa shape index (κ2) is 10.8. The number of hydrogen-bond donors (Lipinski definition) is 0. The second-order valence-corrected chi connectivity index (χ2v) is 16.1. The highest BCUT2D eigenvalue weighted by atomic mass is 32.1. The van der Waals surface area contributed by atoms with E-state index in [1.54, 1.807) is 11.1 Å². The molecule has 0 spiro atoms. The molecule has 3 atom stereocenters. The van der Waals surface area contributed by atoms with Crippen molar-refractivity contribution in [3.63, 3.8) is 0 Å². The Morgan fingerprint density at radius 3 is 2.31 bits per heavy atom. The zero-order chi connectivity index (χ0) is 32.0. The summed E-state index contributed by atoms with van der Waals surface area (Å²) in [6, 6.07) is 36.9. The first-order chi connectivity index (χ1) is 23.6. The van der Waals surface area contributed by atoms with E-state index < -0.39 is 0 Å². The minimum atomic E-state index is -0.0394. The molecule has 0 bridgehead atoms. The van der Waals surface area contributed by atoms with Crippen LogP contribution in [-0.2, 0) is 11.8 Å². The van der Waals surface area contributed by atoms with E-state index >= 15 is 0 Å². The van der Waals surface area contributed by atoms with Crippen LogP contribution in [0.4, 0.5) is 0 Å². The van der Waals surface area contributed by atoms with Gasteiger partial charge in [0.2, 0.25) is 0 Å². The highest BCUT2D eigenvalue weighted by Gasteiger charge is 2.35. The number of fused-ring (bicyclic) bond motifs is 6. The smallest absolute Gasteiger partial charge is 0.0430 e. The number of thiophene rings is 1. The van der Waals surface area contributed by atoms with Crippen LogP contribution in [0.3, 0.4) is 0 Å². The quantitative estimate of drug-likeness (QED) is 0.181. The first-order valence-corrected chi connectivity index (χ1v) is 18.7. The van der Waals surface area contributed by atoms with Crippen LogP contribution >= 0.6 is 11.3 Å². The Bertz CT molecular complexity index is 2360. The van der Waals surface area contributed by atoms with E-state index in [1.165, 1.54) is 95.9 Å². The molecule has 1 heterocycles. The van der Waals surface area contributed by atoms with Crippen LogP contribution in [0.2, 0.25) is 0 Å². The summed E-state index contributed by atoms with van der Waals surface area (Å²) in [5.41, 5.74) is 14.0. The minimum Gasteiger partial charge on any atom is -0.135 e. The van der Waals surface area contributed by atoms with Crippen LogP contribution in [0, 0.1) is 17.8 Å². The molecule has 10 rings (SSSR count). The SMILES string of the molecule is CC1(C)c2ccccc2-c2ccc(-c3ccc(-c4cccc5c6c(sc45)C=CC(C4C=CC=C5CCCCC54)C6)cc3)c3cccc1c23. The summed E-state index contributed by atoms with van der Waals surface area (Å²) in [5, 5.41) is 4.21. The molecule has 6 aromatic rings. The predicted molar refractivity (Wildman–Crippen MR) is 207 cm³/mol. The number of hydrogen-bond acceptors (Lipinski definition) is 1. The van der Waals surface area contributed by atoms with Crippen LogP contribution in [0.1, 0.15) is 61.1 Å². The van der Waals surface area contributed by atoms with E-state index in [2.05, 4.69) is 141 Å². The van der Waals surface area contributed by atoms with Gasteiger partial charge in [0.15, 0.2) is 0 Å². The van der Waals surface area contributed by atoms with E-state index in [-0.39, 0.29) is 5.41 Å². The van der Waals surface area contributed by atoms with Crippen molar-refractivity contribution in [1.82, 2.24) is 0 Å². The Morgan fingerprint density at radius 1 is 0.667 bits per heavy atom. The summed E-state index contributed by atoms with van der Waals surface area (Å²) in [6.45, 7) is 4.75. The topological polar surface area (TPSA) is 0 Å². The van der Waals surface area contributed by atoms with Crippen molar-refractivity contribution in [1.29, 1.82) is 0 Å². The summed E-state index contributed by atoms with van der Waals surface area (Å²) in [4.78, 5) is 1.46. The molecule has 0 aliphatic heterocycles. The van der Waals surface area contributed by atoms with Crippen molar-refractivity contribution in [2.45, 2.75) is 51.4 Å². The first kappa shape index (κ1) is 28.5. The van der Waals surface area contributed by atoms with Gasteiger partial charge in [-0.05, 0) is 116 Å². The maximum Gasteiger partial charge on any atom is 0.0430 e. The highest BCUT2D eigenvalue weighted by Crippen LogP contribution is 2.51. The highest BCUT2D eigenvalue weighted by molar-refractivity contribution is 7.20. The maximum absolute atomic E-state index is 2.54. The second-order valence-electron chi connectivity index (χ2n) is 15.0. The monoisotopic (exact) mass is 636 g/mol. The van der Waals surface area contributed by atoms with Crippen LogP contribution < -0.4 is 0 Å². The van der Waals surface area contributed by atoms with E-state index in [4.69, 9.17) is 0 Å². The summed E-state index contributed by atoms with van der Waals surface area (Å²) in [5.74, 6) is 1.96. The Labute approximate surface area is 288 Å². The lowest BCUT2D eigenvalue weighted by Gasteiger charge is -2.37. The molecule has 5 aromatic carbocycles. The molecule has 0 nitrogen and oxygen atoms in total. The number of benzene rings is 5.